The van der Waals surface area contributed by atoms with Gasteiger partial charge in [0, 0.05) is 0 Å². The normalized spacial score (nSPS) is 10.3. The summed E-state index contributed by atoms with van der Waals surface area (Å²) in [4.78, 5) is 11.4. The van der Waals surface area contributed by atoms with Gasteiger partial charge in [0.15, 0.2) is 0 Å². The van der Waals surface area contributed by atoms with Gasteiger partial charge in [-0.15, -0.1) is 0 Å². The number of methoxy groups -OCH3 is 1. The van der Waals surface area contributed by atoms with E-state index in [1.807, 2.05) is 32.0 Å². The number of benzene rings is 2. The molecule has 0 bridgehead atoms. The van der Waals surface area contributed by atoms with E-state index in [0.29, 0.717) is 11.3 Å². The number of carboxylic acid groups (broad SMARTS) is 1. The molecule has 0 aliphatic heterocycles. The fourth-order valence-corrected chi connectivity index (χ4v) is 1.99. The molecule has 3 heteroatoms. The lowest BCUT2D eigenvalue weighted by atomic mass is 9.96. The van der Waals surface area contributed by atoms with Gasteiger partial charge < -0.3 is 9.84 Å². The first-order valence-electron chi connectivity index (χ1n) is 6.02. The standard InChI is InChI=1S/C16H16O3/c1-10-4-5-12(8-11(10)2)14-7-6-13(19-3)9-15(14)16(17)18/h4-9H,1-3H3,(H,17,18). The number of ether oxygens (including phenoxy) is 1. The minimum Gasteiger partial charge on any atom is -0.497 e. The first-order valence-corrected chi connectivity index (χ1v) is 6.02. The number of aryl methyl sites for hydroxylation is 2. The van der Waals surface area contributed by atoms with Crippen LogP contribution in [0.3, 0.4) is 0 Å². The lowest BCUT2D eigenvalue weighted by Crippen LogP contribution is -2.00. The third-order valence-electron chi connectivity index (χ3n) is 3.28. The van der Waals surface area contributed by atoms with Crippen molar-refractivity contribution in [3.8, 4) is 16.9 Å². The summed E-state index contributed by atoms with van der Waals surface area (Å²) in [6.07, 6.45) is 0. The molecule has 0 saturated heterocycles. The molecule has 0 amide bonds. The lowest BCUT2D eigenvalue weighted by molar-refractivity contribution is 0.0697. The SMILES string of the molecule is COc1ccc(-c2ccc(C)c(C)c2)c(C(=O)O)c1. The van der Waals surface area contributed by atoms with Crippen molar-refractivity contribution in [1.29, 1.82) is 0 Å². The summed E-state index contributed by atoms with van der Waals surface area (Å²) >= 11 is 0. The predicted molar refractivity (Wildman–Crippen MR) is 74.9 cm³/mol. The maximum Gasteiger partial charge on any atom is 0.336 e. The highest BCUT2D eigenvalue weighted by molar-refractivity contribution is 5.96. The maximum absolute atomic E-state index is 11.4. The summed E-state index contributed by atoms with van der Waals surface area (Å²) in [5.41, 5.74) is 4.20. The molecule has 2 aromatic rings. The van der Waals surface area contributed by atoms with Crippen LogP contribution in [0.15, 0.2) is 36.4 Å². The van der Waals surface area contributed by atoms with E-state index in [0.717, 1.165) is 11.1 Å². The molecule has 0 aromatic heterocycles. The molecule has 2 rings (SSSR count). The van der Waals surface area contributed by atoms with Crippen molar-refractivity contribution in [2.24, 2.45) is 0 Å². The second kappa shape index (κ2) is 5.14. The molecule has 0 fully saturated rings. The topological polar surface area (TPSA) is 46.5 Å². The number of hydrogen-bond donors (Lipinski definition) is 1. The molecule has 19 heavy (non-hydrogen) atoms. The Morgan fingerprint density at radius 3 is 2.37 bits per heavy atom. The fraction of sp³-hybridized carbons (Fsp3) is 0.188. The largest absolute Gasteiger partial charge is 0.497 e. The van der Waals surface area contributed by atoms with E-state index < -0.39 is 5.97 Å². The summed E-state index contributed by atoms with van der Waals surface area (Å²) in [5.74, 6) is -0.405. The van der Waals surface area contributed by atoms with E-state index >= 15 is 0 Å². The number of hydrogen-bond acceptors (Lipinski definition) is 2. The van der Waals surface area contributed by atoms with Gasteiger partial charge in [-0.25, -0.2) is 4.79 Å². The molecule has 3 nitrogen and oxygen atoms in total. The predicted octanol–water partition coefficient (Wildman–Crippen LogP) is 3.68. The molecule has 2 aromatic carbocycles. The van der Waals surface area contributed by atoms with Crippen molar-refractivity contribution in [3.63, 3.8) is 0 Å². The quantitative estimate of drug-likeness (QED) is 0.911. The molecule has 0 spiro atoms. The van der Waals surface area contributed by atoms with Crippen molar-refractivity contribution in [2.75, 3.05) is 7.11 Å². The molecule has 0 saturated carbocycles. The average molecular weight is 256 g/mol. The van der Waals surface area contributed by atoms with Gasteiger partial charge in [0.1, 0.15) is 5.75 Å². The summed E-state index contributed by atoms with van der Waals surface area (Å²) in [6, 6.07) is 11.1. The minimum atomic E-state index is -0.952. The Morgan fingerprint density at radius 1 is 1.05 bits per heavy atom. The Kier molecular flexibility index (Phi) is 3.56. The minimum absolute atomic E-state index is 0.252. The highest BCUT2D eigenvalue weighted by Crippen LogP contribution is 2.28. The van der Waals surface area contributed by atoms with Gasteiger partial charge in [0.2, 0.25) is 0 Å². The van der Waals surface area contributed by atoms with Crippen molar-refractivity contribution in [1.82, 2.24) is 0 Å². The molecular weight excluding hydrogens is 240 g/mol. The molecule has 0 aliphatic carbocycles. The molecular formula is C16H16O3. The molecule has 0 radical (unpaired) electrons. The zero-order valence-corrected chi connectivity index (χ0v) is 11.2. The van der Waals surface area contributed by atoms with Gasteiger partial charge in [-0.3, -0.25) is 0 Å². The second-order valence-corrected chi connectivity index (χ2v) is 4.52. The molecule has 0 heterocycles. The van der Waals surface area contributed by atoms with Crippen LogP contribution in [-0.2, 0) is 0 Å². The molecule has 0 atom stereocenters. The molecule has 1 N–H and O–H groups in total. The van der Waals surface area contributed by atoms with Gasteiger partial charge in [-0.05, 0) is 54.3 Å². The van der Waals surface area contributed by atoms with Gasteiger partial charge in [-0.2, -0.15) is 0 Å². The number of carboxylic acids is 1. The van der Waals surface area contributed by atoms with Crippen LogP contribution in [-0.4, -0.2) is 18.2 Å². The van der Waals surface area contributed by atoms with Crippen molar-refractivity contribution < 1.29 is 14.6 Å². The highest BCUT2D eigenvalue weighted by Gasteiger charge is 2.13. The van der Waals surface area contributed by atoms with Gasteiger partial charge in [-0.1, -0.05) is 18.2 Å². The van der Waals surface area contributed by atoms with Crippen LogP contribution in [0, 0.1) is 13.8 Å². The van der Waals surface area contributed by atoms with Crippen LogP contribution < -0.4 is 4.74 Å². The Balaban J connectivity index is 2.60. The van der Waals surface area contributed by atoms with Crippen LogP contribution in [0.5, 0.6) is 5.75 Å². The highest BCUT2D eigenvalue weighted by atomic mass is 16.5. The third kappa shape index (κ3) is 2.60. The van der Waals surface area contributed by atoms with Gasteiger partial charge >= 0.3 is 5.97 Å². The van der Waals surface area contributed by atoms with Crippen LogP contribution >= 0.6 is 0 Å². The summed E-state index contributed by atoms with van der Waals surface area (Å²) < 4.78 is 5.08. The van der Waals surface area contributed by atoms with Crippen LogP contribution in [0.25, 0.3) is 11.1 Å². The van der Waals surface area contributed by atoms with Crippen LogP contribution in [0.2, 0.25) is 0 Å². The van der Waals surface area contributed by atoms with E-state index in [9.17, 15) is 9.90 Å². The number of rotatable bonds is 3. The molecule has 98 valence electrons. The van der Waals surface area contributed by atoms with Crippen LogP contribution in [0.4, 0.5) is 0 Å². The van der Waals surface area contributed by atoms with Crippen molar-refractivity contribution in [3.05, 3.63) is 53.1 Å². The van der Waals surface area contributed by atoms with Crippen molar-refractivity contribution >= 4 is 5.97 Å². The lowest BCUT2D eigenvalue weighted by Gasteiger charge is -2.10. The Bertz CT molecular complexity index is 630. The van der Waals surface area contributed by atoms with E-state index in [-0.39, 0.29) is 5.56 Å². The van der Waals surface area contributed by atoms with E-state index in [1.165, 1.54) is 12.7 Å². The molecule has 0 unspecified atom stereocenters. The summed E-state index contributed by atoms with van der Waals surface area (Å²) in [5, 5.41) is 9.32. The summed E-state index contributed by atoms with van der Waals surface area (Å²) in [6.45, 7) is 4.05. The average Bonchev–Trinajstić information content (AvgIpc) is 2.41. The first kappa shape index (κ1) is 13.1. The second-order valence-electron chi connectivity index (χ2n) is 4.52. The fourth-order valence-electron chi connectivity index (χ4n) is 1.99. The van der Waals surface area contributed by atoms with Gasteiger partial charge in [0.25, 0.3) is 0 Å². The maximum atomic E-state index is 11.4. The van der Waals surface area contributed by atoms with E-state index in [4.69, 9.17) is 4.74 Å². The Morgan fingerprint density at radius 2 is 1.79 bits per heavy atom. The van der Waals surface area contributed by atoms with Crippen LogP contribution in [0.1, 0.15) is 21.5 Å². The Labute approximate surface area is 112 Å². The van der Waals surface area contributed by atoms with Gasteiger partial charge in [0.05, 0.1) is 12.7 Å². The smallest absolute Gasteiger partial charge is 0.336 e. The Hall–Kier alpha value is -2.29. The number of aromatic carboxylic acids is 1. The third-order valence-corrected chi connectivity index (χ3v) is 3.28. The molecule has 0 aliphatic rings. The summed E-state index contributed by atoms with van der Waals surface area (Å²) in [7, 11) is 1.52. The van der Waals surface area contributed by atoms with E-state index in [2.05, 4.69) is 0 Å². The van der Waals surface area contributed by atoms with E-state index in [1.54, 1.807) is 18.2 Å². The zero-order chi connectivity index (χ0) is 14.0. The zero-order valence-electron chi connectivity index (χ0n) is 11.2. The monoisotopic (exact) mass is 256 g/mol. The number of carbonyl (C=O) groups is 1. The first-order chi connectivity index (χ1) is 9.02. The van der Waals surface area contributed by atoms with Crippen molar-refractivity contribution in [2.45, 2.75) is 13.8 Å².